The molecule has 0 bridgehead atoms. The number of aromatic nitrogens is 1. The highest BCUT2D eigenvalue weighted by atomic mass is 35.5. The Morgan fingerprint density at radius 3 is 2.84 bits per heavy atom. The van der Waals surface area contributed by atoms with Crippen molar-refractivity contribution in [3.63, 3.8) is 0 Å². The molecule has 0 spiro atoms. The van der Waals surface area contributed by atoms with Gasteiger partial charge in [-0.3, -0.25) is 4.79 Å². The fraction of sp³-hybridized carbons (Fsp3) is 0.158. The molecule has 0 aliphatic rings. The summed E-state index contributed by atoms with van der Waals surface area (Å²) in [7, 11) is 0. The van der Waals surface area contributed by atoms with Crippen LogP contribution in [0.4, 0.5) is 9.52 Å². The average Bonchev–Trinajstić information content (AvgIpc) is 2.98. The summed E-state index contributed by atoms with van der Waals surface area (Å²) < 4.78 is 13.8. The monoisotopic (exact) mass is 374 g/mol. The molecule has 1 amide bonds. The maximum atomic E-state index is 13.8. The standard InChI is InChI=1S/C19H16ClFN2OS/c1-12-4-2-5-13(8-12)9-14-11-22-19(25-14)23-18(24)10-15-16(20)6-3-7-17(15)21/h2-8,11H,9-10H2,1H3,(H,22,23,24). The van der Waals surface area contributed by atoms with Crippen LogP contribution in [-0.4, -0.2) is 10.9 Å². The smallest absolute Gasteiger partial charge is 0.230 e. The van der Waals surface area contributed by atoms with E-state index in [1.807, 2.05) is 6.07 Å². The van der Waals surface area contributed by atoms with E-state index in [4.69, 9.17) is 11.6 Å². The van der Waals surface area contributed by atoms with Gasteiger partial charge < -0.3 is 5.32 Å². The van der Waals surface area contributed by atoms with Crippen molar-refractivity contribution in [3.05, 3.63) is 81.1 Å². The van der Waals surface area contributed by atoms with Crippen LogP contribution in [0.25, 0.3) is 0 Å². The van der Waals surface area contributed by atoms with Crippen molar-refractivity contribution in [2.24, 2.45) is 0 Å². The molecule has 0 fully saturated rings. The predicted molar refractivity (Wildman–Crippen MR) is 99.8 cm³/mol. The van der Waals surface area contributed by atoms with Gasteiger partial charge in [0.2, 0.25) is 5.91 Å². The minimum atomic E-state index is -0.484. The van der Waals surface area contributed by atoms with Crippen LogP contribution < -0.4 is 5.32 Å². The maximum absolute atomic E-state index is 13.8. The number of amides is 1. The zero-order valence-electron chi connectivity index (χ0n) is 13.6. The van der Waals surface area contributed by atoms with E-state index in [0.717, 1.165) is 11.3 Å². The summed E-state index contributed by atoms with van der Waals surface area (Å²) in [6.07, 6.45) is 2.38. The number of nitrogens with zero attached hydrogens (tertiary/aromatic N) is 1. The van der Waals surface area contributed by atoms with E-state index in [0.29, 0.717) is 5.13 Å². The fourth-order valence-electron chi connectivity index (χ4n) is 2.50. The summed E-state index contributed by atoms with van der Waals surface area (Å²) >= 11 is 7.36. The molecule has 1 heterocycles. The Hall–Kier alpha value is -2.24. The minimum Gasteiger partial charge on any atom is -0.302 e. The summed E-state index contributed by atoms with van der Waals surface area (Å²) in [5.74, 6) is -0.828. The number of halogens is 2. The Kier molecular flexibility index (Phi) is 5.46. The highest BCUT2D eigenvalue weighted by Crippen LogP contribution is 2.23. The molecule has 2 aromatic carbocycles. The molecule has 0 atom stereocenters. The van der Waals surface area contributed by atoms with Crippen LogP contribution >= 0.6 is 22.9 Å². The highest BCUT2D eigenvalue weighted by Gasteiger charge is 2.13. The maximum Gasteiger partial charge on any atom is 0.230 e. The highest BCUT2D eigenvalue weighted by molar-refractivity contribution is 7.15. The second-order valence-corrected chi connectivity index (χ2v) is 7.25. The first-order chi connectivity index (χ1) is 12.0. The molecule has 0 saturated heterocycles. The average molecular weight is 375 g/mol. The topological polar surface area (TPSA) is 42.0 Å². The number of carbonyl (C=O) groups is 1. The van der Waals surface area contributed by atoms with Crippen molar-refractivity contribution >= 4 is 34.0 Å². The summed E-state index contributed by atoms with van der Waals surface area (Å²) in [4.78, 5) is 17.4. The van der Waals surface area contributed by atoms with Gasteiger partial charge >= 0.3 is 0 Å². The van der Waals surface area contributed by atoms with Crippen LogP contribution in [0, 0.1) is 12.7 Å². The van der Waals surface area contributed by atoms with E-state index in [1.165, 1.54) is 34.6 Å². The number of thiazole rings is 1. The third kappa shape index (κ3) is 4.65. The van der Waals surface area contributed by atoms with Gasteiger partial charge in [-0.05, 0) is 24.6 Å². The Labute approximate surface area is 154 Å². The lowest BCUT2D eigenvalue weighted by Gasteiger charge is -2.05. The molecule has 3 aromatic rings. The fourth-order valence-corrected chi connectivity index (χ4v) is 3.59. The number of hydrogen-bond acceptors (Lipinski definition) is 3. The van der Waals surface area contributed by atoms with Crippen LogP contribution in [0.5, 0.6) is 0 Å². The molecule has 6 heteroatoms. The van der Waals surface area contributed by atoms with Gasteiger partial charge in [-0.1, -0.05) is 47.5 Å². The van der Waals surface area contributed by atoms with Crippen molar-refractivity contribution in [3.8, 4) is 0 Å². The lowest BCUT2D eigenvalue weighted by atomic mass is 10.1. The Balaban J connectivity index is 1.64. The van der Waals surface area contributed by atoms with Crippen LogP contribution in [0.3, 0.4) is 0 Å². The molecule has 0 radical (unpaired) electrons. The quantitative estimate of drug-likeness (QED) is 0.681. The summed E-state index contributed by atoms with van der Waals surface area (Å²) in [5.41, 5.74) is 2.59. The molecule has 1 aromatic heterocycles. The third-order valence-corrected chi connectivity index (χ3v) is 4.93. The molecule has 3 rings (SSSR count). The largest absolute Gasteiger partial charge is 0.302 e. The van der Waals surface area contributed by atoms with Gasteiger partial charge in [-0.25, -0.2) is 9.37 Å². The van der Waals surface area contributed by atoms with Crippen molar-refractivity contribution in [2.45, 2.75) is 19.8 Å². The number of nitrogens with one attached hydrogen (secondary N) is 1. The zero-order chi connectivity index (χ0) is 17.8. The Bertz CT molecular complexity index is 890. The van der Waals surface area contributed by atoms with E-state index >= 15 is 0 Å². The number of rotatable bonds is 5. The van der Waals surface area contributed by atoms with Crippen molar-refractivity contribution in [1.82, 2.24) is 4.98 Å². The summed E-state index contributed by atoms with van der Waals surface area (Å²) in [5, 5.41) is 3.45. The van der Waals surface area contributed by atoms with E-state index in [2.05, 4.69) is 35.4 Å². The van der Waals surface area contributed by atoms with Crippen LogP contribution in [-0.2, 0) is 17.6 Å². The van der Waals surface area contributed by atoms with E-state index in [-0.39, 0.29) is 22.9 Å². The van der Waals surface area contributed by atoms with Crippen LogP contribution in [0.2, 0.25) is 5.02 Å². The van der Waals surface area contributed by atoms with Gasteiger partial charge in [0, 0.05) is 28.1 Å². The lowest BCUT2D eigenvalue weighted by molar-refractivity contribution is -0.115. The SMILES string of the molecule is Cc1cccc(Cc2cnc(NC(=O)Cc3c(F)cccc3Cl)s2)c1. The van der Waals surface area contributed by atoms with E-state index < -0.39 is 5.82 Å². The van der Waals surface area contributed by atoms with Crippen molar-refractivity contribution in [1.29, 1.82) is 0 Å². The second-order valence-electron chi connectivity index (χ2n) is 5.72. The summed E-state index contributed by atoms with van der Waals surface area (Å²) in [6.45, 7) is 2.05. The lowest BCUT2D eigenvalue weighted by Crippen LogP contribution is -2.15. The number of hydrogen-bond donors (Lipinski definition) is 1. The second kappa shape index (κ2) is 7.76. The third-order valence-electron chi connectivity index (χ3n) is 3.66. The zero-order valence-corrected chi connectivity index (χ0v) is 15.1. The number of aryl methyl sites for hydroxylation is 1. The predicted octanol–water partition coefficient (Wildman–Crippen LogP) is 5.02. The molecule has 128 valence electrons. The first-order valence-corrected chi connectivity index (χ1v) is 8.93. The first kappa shape index (κ1) is 17.6. The minimum absolute atomic E-state index is 0.127. The Morgan fingerprint density at radius 2 is 2.08 bits per heavy atom. The van der Waals surface area contributed by atoms with Gasteiger partial charge in [-0.2, -0.15) is 0 Å². The van der Waals surface area contributed by atoms with E-state index in [1.54, 1.807) is 12.3 Å². The molecule has 3 nitrogen and oxygen atoms in total. The molecule has 0 aliphatic heterocycles. The summed E-state index contributed by atoms with van der Waals surface area (Å²) in [6, 6.07) is 12.6. The molecule has 25 heavy (non-hydrogen) atoms. The molecule has 0 aliphatic carbocycles. The number of carbonyl (C=O) groups excluding carboxylic acids is 1. The van der Waals surface area contributed by atoms with Crippen molar-refractivity contribution < 1.29 is 9.18 Å². The molecular weight excluding hydrogens is 359 g/mol. The first-order valence-electron chi connectivity index (χ1n) is 7.74. The molecular formula is C19H16ClFN2OS. The van der Waals surface area contributed by atoms with Gasteiger partial charge in [0.25, 0.3) is 0 Å². The number of benzene rings is 2. The van der Waals surface area contributed by atoms with Gasteiger partial charge in [0.15, 0.2) is 5.13 Å². The molecule has 1 N–H and O–H groups in total. The van der Waals surface area contributed by atoms with Gasteiger partial charge in [0.1, 0.15) is 5.82 Å². The van der Waals surface area contributed by atoms with Gasteiger partial charge in [-0.15, -0.1) is 11.3 Å². The molecule has 0 saturated carbocycles. The molecule has 0 unspecified atom stereocenters. The van der Waals surface area contributed by atoms with Crippen LogP contribution in [0.15, 0.2) is 48.7 Å². The number of anilines is 1. The van der Waals surface area contributed by atoms with Gasteiger partial charge in [0.05, 0.1) is 6.42 Å². The van der Waals surface area contributed by atoms with Crippen LogP contribution in [0.1, 0.15) is 21.6 Å². The normalized spacial score (nSPS) is 10.7. The van der Waals surface area contributed by atoms with E-state index in [9.17, 15) is 9.18 Å². The Morgan fingerprint density at radius 1 is 1.28 bits per heavy atom. The van der Waals surface area contributed by atoms with Crippen molar-refractivity contribution in [2.75, 3.05) is 5.32 Å².